The Morgan fingerprint density at radius 3 is 2.54 bits per heavy atom. The van der Waals surface area contributed by atoms with Gasteiger partial charge in [0.2, 0.25) is 11.8 Å². The van der Waals surface area contributed by atoms with Crippen molar-refractivity contribution in [2.75, 3.05) is 11.9 Å². The number of hydrogen-bond acceptors (Lipinski definition) is 4. The zero-order chi connectivity index (χ0) is 26.1. The van der Waals surface area contributed by atoms with E-state index in [1.165, 1.54) is 15.4 Å². The lowest BCUT2D eigenvalue weighted by Crippen LogP contribution is -2.27. The van der Waals surface area contributed by atoms with Crippen molar-refractivity contribution in [3.8, 4) is 23.1 Å². The highest BCUT2D eigenvalue weighted by Crippen LogP contribution is 2.42. The van der Waals surface area contributed by atoms with Crippen molar-refractivity contribution in [3.05, 3.63) is 99.3 Å². The van der Waals surface area contributed by atoms with Gasteiger partial charge in [-0.3, -0.25) is 9.59 Å². The fraction of sp³-hybridized carbons (Fsp3) is 0.214. The molecule has 0 aliphatic carbocycles. The van der Waals surface area contributed by atoms with Crippen LogP contribution in [0.25, 0.3) is 5.69 Å². The standard InChI is InChI=1S/C28H25F2N3O4/c1-3-17-8-11-20(12-9-17)33-27(35)21-14-18-6-5-7-24(36-4-2)26(18)37-28(21)32(33)16-25(34)31-19-10-13-22(29)23(30)15-19/h5-13,15H,3-4,14,16H2,1-2H3,(H,31,34). The fourth-order valence-electron chi connectivity index (χ4n) is 4.40. The maximum atomic E-state index is 13.7. The molecule has 0 unspecified atom stereocenters. The molecular weight excluding hydrogens is 480 g/mol. The highest BCUT2D eigenvalue weighted by Gasteiger charge is 2.31. The number of halogens is 2. The molecule has 4 aromatic rings. The Balaban J connectivity index is 1.58. The van der Waals surface area contributed by atoms with E-state index < -0.39 is 17.5 Å². The summed E-state index contributed by atoms with van der Waals surface area (Å²) in [6.45, 7) is 4.01. The van der Waals surface area contributed by atoms with E-state index in [0.29, 0.717) is 35.8 Å². The van der Waals surface area contributed by atoms with Gasteiger partial charge in [0.15, 0.2) is 23.1 Å². The molecule has 0 saturated heterocycles. The van der Waals surface area contributed by atoms with E-state index in [-0.39, 0.29) is 23.7 Å². The zero-order valence-corrected chi connectivity index (χ0v) is 20.4. The topological polar surface area (TPSA) is 74.5 Å². The molecule has 190 valence electrons. The van der Waals surface area contributed by atoms with Gasteiger partial charge < -0.3 is 14.8 Å². The number of rotatable bonds is 7. The number of hydrogen-bond donors (Lipinski definition) is 1. The first-order valence-electron chi connectivity index (χ1n) is 12.0. The zero-order valence-electron chi connectivity index (χ0n) is 20.4. The number of nitrogens with zero attached hydrogens (tertiary/aromatic N) is 2. The van der Waals surface area contributed by atoms with Gasteiger partial charge in [0, 0.05) is 23.7 Å². The van der Waals surface area contributed by atoms with Crippen molar-refractivity contribution < 1.29 is 23.0 Å². The lowest BCUT2D eigenvalue weighted by molar-refractivity contribution is -0.117. The summed E-state index contributed by atoms with van der Waals surface area (Å²) in [6.07, 6.45) is 1.14. The minimum Gasteiger partial charge on any atom is -0.490 e. The number of para-hydroxylation sites is 1. The Bertz CT molecular complexity index is 1540. The first-order chi connectivity index (χ1) is 17.9. The van der Waals surface area contributed by atoms with E-state index in [9.17, 15) is 18.4 Å². The van der Waals surface area contributed by atoms with E-state index in [2.05, 4.69) is 5.32 Å². The summed E-state index contributed by atoms with van der Waals surface area (Å²) in [6, 6.07) is 16.1. The van der Waals surface area contributed by atoms with Crippen molar-refractivity contribution in [1.29, 1.82) is 0 Å². The summed E-state index contributed by atoms with van der Waals surface area (Å²) >= 11 is 0. The minimum atomic E-state index is -1.08. The van der Waals surface area contributed by atoms with Crippen LogP contribution in [0.15, 0.2) is 65.5 Å². The molecule has 37 heavy (non-hydrogen) atoms. The van der Waals surface area contributed by atoms with Gasteiger partial charge in [0.05, 0.1) is 17.9 Å². The molecule has 1 aliphatic heterocycles. The predicted octanol–water partition coefficient (Wildman–Crippen LogP) is 5.21. The first-order valence-corrected chi connectivity index (χ1v) is 12.0. The van der Waals surface area contributed by atoms with Crippen LogP contribution in [-0.2, 0) is 24.2 Å². The largest absolute Gasteiger partial charge is 0.490 e. The second kappa shape index (κ2) is 9.93. The molecule has 2 heterocycles. The molecule has 1 aromatic heterocycles. The first kappa shape index (κ1) is 24.3. The molecule has 5 rings (SSSR count). The van der Waals surface area contributed by atoms with Crippen LogP contribution in [0.3, 0.4) is 0 Å². The van der Waals surface area contributed by atoms with Crippen LogP contribution in [0.2, 0.25) is 0 Å². The maximum Gasteiger partial charge on any atom is 0.278 e. The van der Waals surface area contributed by atoms with Crippen LogP contribution in [-0.4, -0.2) is 21.9 Å². The Morgan fingerprint density at radius 2 is 1.84 bits per heavy atom. The van der Waals surface area contributed by atoms with Crippen molar-refractivity contribution in [3.63, 3.8) is 0 Å². The van der Waals surface area contributed by atoms with Gasteiger partial charge in [0.1, 0.15) is 6.54 Å². The minimum absolute atomic E-state index is 0.0935. The lowest BCUT2D eigenvalue weighted by Gasteiger charge is -2.21. The van der Waals surface area contributed by atoms with E-state index >= 15 is 0 Å². The van der Waals surface area contributed by atoms with Gasteiger partial charge in [-0.05, 0) is 49.2 Å². The second-order valence-corrected chi connectivity index (χ2v) is 8.61. The van der Waals surface area contributed by atoms with Gasteiger partial charge in [-0.2, -0.15) is 0 Å². The number of nitrogens with one attached hydrogen (secondary N) is 1. The number of amides is 1. The summed E-state index contributed by atoms with van der Waals surface area (Å²) < 4.78 is 41.8. The number of aromatic nitrogens is 2. The Morgan fingerprint density at radius 1 is 1.05 bits per heavy atom. The predicted molar refractivity (Wildman–Crippen MR) is 135 cm³/mol. The van der Waals surface area contributed by atoms with Crippen LogP contribution in [0.5, 0.6) is 17.4 Å². The van der Waals surface area contributed by atoms with E-state index in [0.717, 1.165) is 29.7 Å². The maximum absolute atomic E-state index is 13.7. The van der Waals surface area contributed by atoms with Gasteiger partial charge in [-0.15, -0.1) is 0 Å². The number of carbonyl (C=O) groups is 1. The van der Waals surface area contributed by atoms with Gasteiger partial charge in [0.25, 0.3) is 5.56 Å². The summed E-state index contributed by atoms with van der Waals surface area (Å²) in [4.78, 5) is 26.7. The molecule has 0 atom stereocenters. The van der Waals surface area contributed by atoms with Gasteiger partial charge >= 0.3 is 0 Å². The quantitative estimate of drug-likeness (QED) is 0.329. The van der Waals surface area contributed by atoms with Crippen LogP contribution >= 0.6 is 0 Å². The van der Waals surface area contributed by atoms with Crippen molar-refractivity contribution >= 4 is 11.6 Å². The van der Waals surface area contributed by atoms with Crippen LogP contribution in [0, 0.1) is 11.6 Å². The highest BCUT2D eigenvalue weighted by molar-refractivity contribution is 5.90. The molecule has 1 aliphatic rings. The summed E-state index contributed by atoms with van der Waals surface area (Å²) in [5.41, 5.74) is 2.65. The van der Waals surface area contributed by atoms with Crippen LogP contribution < -0.4 is 20.3 Å². The Kier molecular flexibility index (Phi) is 6.52. The number of benzene rings is 3. The Hall–Kier alpha value is -4.40. The van der Waals surface area contributed by atoms with Crippen molar-refractivity contribution in [1.82, 2.24) is 9.36 Å². The van der Waals surface area contributed by atoms with Crippen LogP contribution in [0.4, 0.5) is 14.5 Å². The van der Waals surface area contributed by atoms with Crippen molar-refractivity contribution in [2.24, 2.45) is 0 Å². The van der Waals surface area contributed by atoms with E-state index in [1.807, 2.05) is 50.2 Å². The monoisotopic (exact) mass is 505 g/mol. The van der Waals surface area contributed by atoms with E-state index in [4.69, 9.17) is 9.47 Å². The third-order valence-electron chi connectivity index (χ3n) is 6.20. The number of carbonyl (C=O) groups excluding carboxylic acids is 1. The van der Waals surface area contributed by atoms with Gasteiger partial charge in [-0.25, -0.2) is 18.1 Å². The van der Waals surface area contributed by atoms with Crippen LogP contribution in [0.1, 0.15) is 30.5 Å². The molecule has 0 fully saturated rings. The molecule has 7 nitrogen and oxygen atoms in total. The number of anilines is 1. The smallest absolute Gasteiger partial charge is 0.278 e. The molecule has 0 bridgehead atoms. The number of ether oxygens (including phenoxy) is 2. The molecule has 9 heteroatoms. The second-order valence-electron chi connectivity index (χ2n) is 8.61. The average Bonchev–Trinajstić information content (AvgIpc) is 3.15. The molecule has 0 saturated carbocycles. The molecule has 0 radical (unpaired) electrons. The van der Waals surface area contributed by atoms with Gasteiger partial charge in [-0.1, -0.05) is 31.2 Å². The summed E-state index contributed by atoms with van der Waals surface area (Å²) in [7, 11) is 0. The fourth-order valence-corrected chi connectivity index (χ4v) is 4.40. The highest BCUT2D eigenvalue weighted by atomic mass is 19.2. The number of aryl methyl sites for hydroxylation is 1. The lowest BCUT2D eigenvalue weighted by atomic mass is 10.0. The normalized spacial score (nSPS) is 11.9. The summed E-state index contributed by atoms with van der Waals surface area (Å²) in [5.74, 6) is -1.38. The third-order valence-corrected chi connectivity index (χ3v) is 6.20. The third kappa shape index (κ3) is 4.60. The Labute approximate surface area is 211 Å². The van der Waals surface area contributed by atoms with Crippen molar-refractivity contribution in [2.45, 2.75) is 33.2 Å². The molecule has 0 spiro atoms. The van der Waals surface area contributed by atoms with E-state index in [1.54, 1.807) is 6.07 Å². The molecular formula is C28H25F2N3O4. The molecule has 1 N–H and O–H groups in total. The number of fused-ring (bicyclic) bond motifs is 2. The summed E-state index contributed by atoms with van der Waals surface area (Å²) in [5, 5.41) is 2.56. The molecule has 1 amide bonds. The SMILES string of the molecule is CCOc1cccc2c1Oc1c(c(=O)n(-c3ccc(CC)cc3)n1CC(=O)Nc1ccc(F)c(F)c1)C2. The average molecular weight is 506 g/mol. The molecule has 3 aromatic carbocycles.